The Balaban J connectivity index is 2.45. The quantitative estimate of drug-likeness (QED) is 0.682. The third kappa shape index (κ3) is 3.44. The first-order chi connectivity index (χ1) is 7.69. The summed E-state index contributed by atoms with van der Waals surface area (Å²) >= 11 is 0. The van der Waals surface area contributed by atoms with Crippen molar-refractivity contribution in [2.45, 2.75) is 39.5 Å². The smallest absolute Gasteiger partial charge is 0.158 e. The lowest BCUT2D eigenvalue weighted by atomic mass is 9.78. The van der Waals surface area contributed by atoms with Gasteiger partial charge in [-0.15, -0.1) is 0 Å². The number of allylic oxidation sites excluding steroid dienone is 4. The summed E-state index contributed by atoms with van der Waals surface area (Å²) in [5.41, 5.74) is 0. The zero-order chi connectivity index (χ0) is 12.0. The Kier molecular flexibility index (Phi) is 5.17. The summed E-state index contributed by atoms with van der Waals surface area (Å²) in [6.45, 7) is 3.72. The van der Waals surface area contributed by atoms with Crippen LogP contribution >= 0.6 is 0 Å². The fraction of sp³-hybridized carbons (Fsp3) is 0.571. The van der Waals surface area contributed by atoms with Gasteiger partial charge in [0, 0.05) is 11.8 Å². The lowest BCUT2D eigenvalue weighted by Gasteiger charge is -2.25. The Morgan fingerprint density at radius 1 is 0.812 bits per heavy atom. The molecule has 0 amide bonds. The standard InChI is InChI=1S/C14H20O2/c1-3-5-13(15)11-7-9-12(10-8-11)14(16)6-4-2/h3-6,11-12H,7-10H2,1-2H3. The molecule has 0 radical (unpaired) electrons. The van der Waals surface area contributed by atoms with E-state index < -0.39 is 0 Å². The minimum atomic E-state index is 0.144. The molecule has 0 aromatic carbocycles. The van der Waals surface area contributed by atoms with Gasteiger partial charge in [-0.3, -0.25) is 9.59 Å². The fourth-order valence-corrected chi connectivity index (χ4v) is 2.26. The van der Waals surface area contributed by atoms with E-state index in [9.17, 15) is 9.59 Å². The van der Waals surface area contributed by atoms with Crippen molar-refractivity contribution in [3.05, 3.63) is 24.3 Å². The van der Waals surface area contributed by atoms with Crippen LogP contribution in [0.5, 0.6) is 0 Å². The van der Waals surface area contributed by atoms with E-state index in [1.807, 2.05) is 13.8 Å². The number of hydrogen-bond acceptors (Lipinski definition) is 2. The molecule has 1 aliphatic carbocycles. The maximum absolute atomic E-state index is 11.6. The van der Waals surface area contributed by atoms with Crippen LogP contribution in [0.15, 0.2) is 24.3 Å². The number of carbonyl (C=O) groups excluding carboxylic acids is 2. The molecule has 2 nitrogen and oxygen atoms in total. The van der Waals surface area contributed by atoms with Crippen LogP contribution in [0.1, 0.15) is 39.5 Å². The zero-order valence-electron chi connectivity index (χ0n) is 10.1. The Labute approximate surface area is 97.4 Å². The maximum atomic E-state index is 11.6. The van der Waals surface area contributed by atoms with Crippen LogP contribution in [-0.2, 0) is 9.59 Å². The van der Waals surface area contributed by atoms with E-state index in [2.05, 4.69) is 0 Å². The molecule has 88 valence electrons. The third-order valence-corrected chi connectivity index (χ3v) is 3.19. The summed E-state index contributed by atoms with van der Waals surface area (Å²) in [6, 6.07) is 0. The molecule has 1 saturated carbocycles. The molecule has 0 bridgehead atoms. The van der Waals surface area contributed by atoms with Crippen molar-refractivity contribution in [2.75, 3.05) is 0 Å². The van der Waals surface area contributed by atoms with Crippen LogP contribution in [-0.4, -0.2) is 11.6 Å². The number of ketones is 2. The third-order valence-electron chi connectivity index (χ3n) is 3.19. The van der Waals surface area contributed by atoms with Crippen LogP contribution < -0.4 is 0 Å². The molecule has 0 aromatic rings. The van der Waals surface area contributed by atoms with E-state index in [1.54, 1.807) is 24.3 Å². The molecule has 0 N–H and O–H groups in total. The summed E-state index contributed by atoms with van der Waals surface area (Å²) in [7, 11) is 0. The second-order valence-corrected chi connectivity index (χ2v) is 4.35. The van der Waals surface area contributed by atoms with E-state index in [0.717, 1.165) is 25.7 Å². The van der Waals surface area contributed by atoms with Gasteiger partial charge in [0.05, 0.1) is 0 Å². The molecule has 0 unspecified atom stereocenters. The first-order valence-electron chi connectivity index (χ1n) is 6.02. The van der Waals surface area contributed by atoms with Crippen molar-refractivity contribution in [3.8, 4) is 0 Å². The highest BCUT2D eigenvalue weighted by atomic mass is 16.1. The van der Waals surface area contributed by atoms with Crippen LogP contribution in [0.4, 0.5) is 0 Å². The summed E-state index contributed by atoms with van der Waals surface area (Å²) < 4.78 is 0. The molecule has 0 atom stereocenters. The molecule has 16 heavy (non-hydrogen) atoms. The van der Waals surface area contributed by atoms with Crippen LogP contribution in [0, 0.1) is 11.8 Å². The Morgan fingerprint density at radius 3 is 1.38 bits per heavy atom. The van der Waals surface area contributed by atoms with Crippen molar-refractivity contribution in [1.29, 1.82) is 0 Å². The van der Waals surface area contributed by atoms with Crippen LogP contribution in [0.3, 0.4) is 0 Å². The van der Waals surface area contributed by atoms with Crippen molar-refractivity contribution < 1.29 is 9.59 Å². The zero-order valence-corrected chi connectivity index (χ0v) is 10.1. The van der Waals surface area contributed by atoms with Gasteiger partial charge in [-0.05, 0) is 51.7 Å². The van der Waals surface area contributed by atoms with Gasteiger partial charge in [-0.1, -0.05) is 12.2 Å². The van der Waals surface area contributed by atoms with Gasteiger partial charge in [0.15, 0.2) is 11.6 Å². The molecule has 1 fully saturated rings. The predicted molar refractivity (Wildman–Crippen MR) is 65.1 cm³/mol. The molecule has 0 aromatic heterocycles. The summed E-state index contributed by atoms with van der Waals surface area (Å²) in [5, 5.41) is 0. The van der Waals surface area contributed by atoms with Gasteiger partial charge < -0.3 is 0 Å². The summed E-state index contributed by atoms with van der Waals surface area (Å²) in [4.78, 5) is 23.2. The second kappa shape index (κ2) is 6.41. The Hall–Kier alpha value is -1.18. The highest BCUT2D eigenvalue weighted by Gasteiger charge is 2.27. The average molecular weight is 220 g/mol. The first-order valence-corrected chi connectivity index (χ1v) is 6.02. The molecule has 0 heterocycles. The van der Waals surface area contributed by atoms with E-state index in [-0.39, 0.29) is 23.4 Å². The van der Waals surface area contributed by atoms with Gasteiger partial charge in [-0.25, -0.2) is 0 Å². The van der Waals surface area contributed by atoms with Crippen LogP contribution in [0.2, 0.25) is 0 Å². The summed E-state index contributed by atoms with van der Waals surface area (Å²) in [5.74, 6) is 0.732. The van der Waals surface area contributed by atoms with Gasteiger partial charge in [-0.2, -0.15) is 0 Å². The minimum Gasteiger partial charge on any atom is -0.295 e. The van der Waals surface area contributed by atoms with Crippen molar-refractivity contribution in [2.24, 2.45) is 11.8 Å². The van der Waals surface area contributed by atoms with E-state index >= 15 is 0 Å². The molecule has 0 aliphatic heterocycles. The highest BCUT2D eigenvalue weighted by molar-refractivity contribution is 5.93. The Bertz CT molecular complexity index is 273. The van der Waals surface area contributed by atoms with Crippen molar-refractivity contribution in [3.63, 3.8) is 0 Å². The lowest BCUT2D eigenvalue weighted by molar-refractivity contribution is -0.123. The number of hydrogen-bond donors (Lipinski definition) is 0. The molecule has 1 rings (SSSR count). The van der Waals surface area contributed by atoms with E-state index in [1.165, 1.54) is 0 Å². The lowest BCUT2D eigenvalue weighted by Crippen LogP contribution is -2.24. The van der Waals surface area contributed by atoms with Gasteiger partial charge >= 0.3 is 0 Å². The highest BCUT2D eigenvalue weighted by Crippen LogP contribution is 2.30. The van der Waals surface area contributed by atoms with Crippen molar-refractivity contribution >= 4 is 11.6 Å². The normalized spacial score (nSPS) is 26.4. The number of carbonyl (C=O) groups is 2. The van der Waals surface area contributed by atoms with E-state index in [4.69, 9.17) is 0 Å². The van der Waals surface area contributed by atoms with Crippen molar-refractivity contribution in [1.82, 2.24) is 0 Å². The monoisotopic (exact) mass is 220 g/mol. The van der Waals surface area contributed by atoms with Crippen LogP contribution in [0.25, 0.3) is 0 Å². The largest absolute Gasteiger partial charge is 0.295 e. The topological polar surface area (TPSA) is 34.1 Å². The number of rotatable bonds is 4. The molecule has 1 aliphatic rings. The second-order valence-electron chi connectivity index (χ2n) is 4.35. The molecule has 0 spiro atoms. The van der Waals surface area contributed by atoms with Gasteiger partial charge in [0.1, 0.15) is 0 Å². The fourth-order valence-electron chi connectivity index (χ4n) is 2.26. The Morgan fingerprint density at radius 2 is 1.12 bits per heavy atom. The average Bonchev–Trinajstić information content (AvgIpc) is 2.30. The minimum absolute atomic E-state index is 0.144. The molecule has 0 saturated heterocycles. The SMILES string of the molecule is CC=CC(=O)C1CCC(C(=O)C=CC)CC1. The molecular weight excluding hydrogens is 200 g/mol. The summed E-state index contributed by atoms with van der Waals surface area (Å²) in [6.07, 6.45) is 10.3. The van der Waals surface area contributed by atoms with Gasteiger partial charge in [0.25, 0.3) is 0 Å². The molecule has 2 heteroatoms. The van der Waals surface area contributed by atoms with E-state index in [0.29, 0.717) is 0 Å². The first kappa shape index (κ1) is 12.9. The van der Waals surface area contributed by atoms with Gasteiger partial charge in [0.2, 0.25) is 0 Å². The predicted octanol–water partition coefficient (Wildman–Crippen LogP) is 3.08. The maximum Gasteiger partial charge on any atom is 0.158 e. The molecular formula is C14H20O2.